The van der Waals surface area contributed by atoms with E-state index in [0.717, 1.165) is 6.42 Å². The first-order valence-corrected chi connectivity index (χ1v) is 3.83. The Morgan fingerprint density at radius 2 is 1.90 bits per heavy atom. The van der Waals surface area contributed by atoms with Crippen molar-refractivity contribution in [2.45, 2.75) is 34.1 Å². The van der Waals surface area contributed by atoms with Gasteiger partial charge in [-0.05, 0) is 25.5 Å². The second-order valence-corrected chi connectivity index (χ2v) is 1.54. The second-order valence-electron chi connectivity index (χ2n) is 1.54. The summed E-state index contributed by atoms with van der Waals surface area (Å²) in [5.74, 6) is 0.356. The van der Waals surface area contributed by atoms with Gasteiger partial charge in [0.1, 0.15) is 5.76 Å². The summed E-state index contributed by atoms with van der Waals surface area (Å²) in [5, 5.41) is 8.82. The van der Waals surface area contributed by atoms with E-state index in [1.807, 2.05) is 33.8 Å². The van der Waals surface area contributed by atoms with Gasteiger partial charge in [0.15, 0.2) is 0 Å². The number of rotatable bonds is 2. The van der Waals surface area contributed by atoms with Crippen LogP contribution in [0.1, 0.15) is 34.1 Å². The highest BCUT2D eigenvalue weighted by Gasteiger charge is 1.77. The molecule has 0 aliphatic carbocycles. The molecule has 0 aliphatic rings. The molecule has 0 bridgehead atoms. The maximum Gasteiger partial charge on any atom is 0.111 e. The van der Waals surface area contributed by atoms with Crippen LogP contribution >= 0.6 is 0 Å². The van der Waals surface area contributed by atoms with Crippen LogP contribution in [0.25, 0.3) is 0 Å². The summed E-state index contributed by atoms with van der Waals surface area (Å²) in [7, 11) is 0. The van der Waals surface area contributed by atoms with Crippen LogP contribution in [0.5, 0.6) is 0 Å². The van der Waals surface area contributed by atoms with E-state index in [-0.39, 0.29) is 0 Å². The molecule has 0 fully saturated rings. The van der Waals surface area contributed by atoms with Crippen molar-refractivity contribution in [3.8, 4) is 0 Å². The van der Waals surface area contributed by atoms with Gasteiger partial charge in [0.2, 0.25) is 0 Å². The molecule has 1 heteroatoms. The highest BCUT2D eigenvalue weighted by atomic mass is 16.3. The normalized spacial score (nSPS) is 11.0. The van der Waals surface area contributed by atoms with Gasteiger partial charge in [-0.15, -0.1) is 0 Å². The van der Waals surface area contributed by atoms with Gasteiger partial charge in [-0.25, -0.2) is 0 Å². The largest absolute Gasteiger partial charge is 0.508 e. The summed E-state index contributed by atoms with van der Waals surface area (Å²) < 4.78 is 0. The first-order valence-electron chi connectivity index (χ1n) is 3.83. The van der Waals surface area contributed by atoms with Crippen molar-refractivity contribution in [1.82, 2.24) is 0 Å². The summed E-state index contributed by atoms with van der Waals surface area (Å²) >= 11 is 0. The molecule has 0 unspecified atom stereocenters. The lowest BCUT2D eigenvalue weighted by molar-refractivity contribution is 0.430. The predicted octanol–water partition coefficient (Wildman–Crippen LogP) is 3.44. The molecule has 1 nitrogen and oxygen atoms in total. The van der Waals surface area contributed by atoms with E-state index in [2.05, 4.69) is 0 Å². The van der Waals surface area contributed by atoms with Gasteiger partial charge >= 0.3 is 0 Å². The van der Waals surface area contributed by atoms with Crippen LogP contribution in [0, 0.1) is 0 Å². The molecule has 0 aromatic heterocycles. The molecule has 0 rings (SSSR count). The van der Waals surface area contributed by atoms with Crippen molar-refractivity contribution in [3.63, 3.8) is 0 Å². The van der Waals surface area contributed by atoms with Crippen LogP contribution in [-0.2, 0) is 0 Å². The van der Waals surface area contributed by atoms with Gasteiger partial charge in [-0.3, -0.25) is 0 Å². The summed E-state index contributed by atoms with van der Waals surface area (Å²) in [6.07, 6.45) is 6.13. The Morgan fingerprint density at radius 1 is 1.40 bits per heavy atom. The lowest BCUT2D eigenvalue weighted by atomic mass is 10.3. The number of hydrogen-bond acceptors (Lipinski definition) is 1. The highest BCUT2D eigenvalue weighted by molar-refractivity contribution is 5.08. The molecule has 0 atom stereocenters. The average Bonchev–Trinajstić information content (AvgIpc) is 1.93. The molecule has 60 valence electrons. The minimum Gasteiger partial charge on any atom is -0.508 e. The van der Waals surface area contributed by atoms with E-state index >= 15 is 0 Å². The SMILES string of the molecule is C/C=C\C(O)=C/CC.CC. The Labute approximate surface area is 64.1 Å². The van der Waals surface area contributed by atoms with Gasteiger partial charge in [0.25, 0.3) is 0 Å². The van der Waals surface area contributed by atoms with Gasteiger partial charge < -0.3 is 5.11 Å². The van der Waals surface area contributed by atoms with E-state index in [1.54, 1.807) is 12.2 Å². The standard InChI is InChI=1S/C7H12O.C2H6/c1-3-5-7(8)6-4-2;1-2/h3,5-6,8H,4H2,1-2H3;1-2H3/b5-3-,7-6+;. The molecular weight excluding hydrogens is 124 g/mol. The Kier molecular flexibility index (Phi) is 13.4. The second kappa shape index (κ2) is 11.1. The van der Waals surface area contributed by atoms with Crippen LogP contribution < -0.4 is 0 Å². The number of aliphatic hydroxyl groups excluding tert-OH is 1. The third-order valence-corrected chi connectivity index (χ3v) is 0.751. The lowest BCUT2D eigenvalue weighted by Crippen LogP contribution is -1.70. The van der Waals surface area contributed by atoms with Crippen LogP contribution in [0.4, 0.5) is 0 Å². The van der Waals surface area contributed by atoms with Crippen molar-refractivity contribution in [2.24, 2.45) is 0 Å². The number of hydrogen-bond donors (Lipinski definition) is 1. The third-order valence-electron chi connectivity index (χ3n) is 0.751. The van der Waals surface area contributed by atoms with E-state index < -0.39 is 0 Å². The molecule has 1 N–H and O–H groups in total. The van der Waals surface area contributed by atoms with E-state index in [9.17, 15) is 0 Å². The predicted molar refractivity (Wildman–Crippen MR) is 47.2 cm³/mol. The summed E-state index contributed by atoms with van der Waals surface area (Å²) in [6.45, 7) is 7.86. The fourth-order valence-electron chi connectivity index (χ4n) is 0.448. The first-order chi connectivity index (χ1) is 4.81. The molecule has 0 radical (unpaired) electrons. The summed E-state index contributed by atoms with van der Waals surface area (Å²) in [4.78, 5) is 0. The Bertz CT molecular complexity index is 101. The van der Waals surface area contributed by atoms with Gasteiger partial charge in [-0.1, -0.05) is 26.8 Å². The van der Waals surface area contributed by atoms with Crippen molar-refractivity contribution in [3.05, 3.63) is 24.0 Å². The van der Waals surface area contributed by atoms with Crippen molar-refractivity contribution in [2.75, 3.05) is 0 Å². The first kappa shape index (κ1) is 12.0. The van der Waals surface area contributed by atoms with Crippen molar-refractivity contribution < 1.29 is 5.11 Å². The van der Waals surface area contributed by atoms with Crippen molar-refractivity contribution >= 4 is 0 Å². The molecule has 0 spiro atoms. The molecule has 10 heavy (non-hydrogen) atoms. The van der Waals surface area contributed by atoms with Crippen LogP contribution in [0.2, 0.25) is 0 Å². The van der Waals surface area contributed by atoms with E-state index in [1.165, 1.54) is 0 Å². The van der Waals surface area contributed by atoms with Gasteiger partial charge in [-0.2, -0.15) is 0 Å². The molecule has 0 saturated carbocycles. The fourth-order valence-corrected chi connectivity index (χ4v) is 0.448. The number of aliphatic hydroxyl groups is 1. The van der Waals surface area contributed by atoms with Crippen LogP contribution in [0.3, 0.4) is 0 Å². The molecule has 0 aliphatic heterocycles. The topological polar surface area (TPSA) is 20.2 Å². The van der Waals surface area contributed by atoms with Crippen LogP contribution in [-0.4, -0.2) is 5.11 Å². The molecular formula is C9H18O. The minimum atomic E-state index is 0.356. The zero-order chi connectivity index (χ0) is 8.41. The smallest absolute Gasteiger partial charge is 0.111 e. The van der Waals surface area contributed by atoms with Gasteiger partial charge in [0, 0.05) is 0 Å². The average molecular weight is 142 g/mol. The molecule has 0 amide bonds. The monoisotopic (exact) mass is 142 g/mol. The van der Waals surface area contributed by atoms with E-state index in [4.69, 9.17) is 5.11 Å². The Balaban J connectivity index is 0. The lowest BCUT2D eigenvalue weighted by Gasteiger charge is -1.84. The molecule has 0 aromatic rings. The molecule has 0 heterocycles. The molecule has 0 saturated heterocycles. The molecule has 0 aromatic carbocycles. The zero-order valence-electron chi connectivity index (χ0n) is 7.39. The zero-order valence-corrected chi connectivity index (χ0v) is 7.39. The Morgan fingerprint density at radius 3 is 2.20 bits per heavy atom. The number of allylic oxidation sites excluding steroid dienone is 3. The fraction of sp³-hybridized carbons (Fsp3) is 0.556. The van der Waals surface area contributed by atoms with Crippen LogP contribution in [0.15, 0.2) is 24.0 Å². The quantitative estimate of drug-likeness (QED) is 0.462. The third kappa shape index (κ3) is 10.3. The van der Waals surface area contributed by atoms with E-state index in [0.29, 0.717) is 5.76 Å². The highest BCUT2D eigenvalue weighted by Crippen LogP contribution is 1.91. The Hall–Kier alpha value is -0.720. The maximum absolute atomic E-state index is 8.82. The summed E-state index contributed by atoms with van der Waals surface area (Å²) in [6, 6.07) is 0. The maximum atomic E-state index is 8.82. The minimum absolute atomic E-state index is 0.356. The van der Waals surface area contributed by atoms with Crippen molar-refractivity contribution in [1.29, 1.82) is 0 Å². The summed E-state index contributed by atoms with van der Waals surface area (Å²) in [5.41, 5.74) is 0. The van der Waals surface area contributed by atoms with Gasteiger partial charge in [0.05, 0.1) is 0 Å².